The summed E-state index contributed by atoms with van der Waals surface area (Å²) >= 11 is 0. The van der Waals surface area contributed by atoms with Crippen LogP contribution in [-0.4, -0.2) is 42.1 Å². The van der Waals surface area contributed by atoms with E-state index in [9.17, 15) is 9.90 Å². The first-order valence-corrected chi connectivity index (χ1v) is 9.30. The lowest BCUT2D eigenvalue weighted by Crippen LogP contribution is -2.26. The highest BCUT2D eigenvalue weighted by atomic mass is 16.3. The van der Waals surface area contributed by atoms with Crippen LogP contribution in [0.2, 0.25) is 0 Å². The minimum atomic E-state index is -0.0844. The Kier molecular flexibility index (Phi) is 3.70. The Morgan fingerprint density at radius 1 is 1.25 bits per heavy atom. The number of fused-ring (bicyclic) bond motifs is 2. The van der Waals surface area contributed by atoms with Crippen molar-refractivity contribution in [2.75, 3.05) is 13.1 Å². The van der Waals surface area contributed by atoms with Gasteiger partial charge in [0.05, 0.1) is 28.2 Å². The number of aromatic hydroxyl groups is 1. The Hall–Kier alpha value is -3.26. The van der Waals surface area contributed by atoms with E-state index in [1.165, 1.54) is 0 Å². The molecule has 8 heteroatoms. The Morgan fingerprint density at radius 2 is 2.11 bits per heavy atom. The molecule has 0 spiro atoms. The molecule has 0 saturated carbocycles. The molecule has 5 rings (SSSR count). The number of aromatic nitrogens is 5. The van der Waals surface area contributed by atoms with Crippen molar-refractivity contribution in [2.45, 2.75) is 26.3 Å². The lowest BCUT2D eigenvalue weighted by atomic mass is 10.1. The molecule has 1 saturated heterocycles. The van der Waals surface area contributed by atoms with Crippen molar-refractivity contribution in [3.05, 3.63) is 52.5 Å². The zero-order valence-electron chi connectivity index (χ0n) is 15.7. The average molecular weight is 376 g/mol. The number of nitrogens with zero attached hydrogens (tertiary/aromatic N) is 5. The number of pyridine rings is 2. The quantitative estimate of drug-likeness (QED) is 0.555. The van der Waals surface area contributed by atoms with E-state index in [4.69, 9.17) is 0 Å². The van der Waals surface area contributed by atoms with Crippen molar-refractivity contribution in [1.29, 1.82) is 0 Å². The molecule has 1 fully saturated rings. The van der Waals surface area contributed by atoms with Gasteiger partial charge >= 0.3 is 0 Å². The van der Waals surface area contributed by atoms with Gasteiger partial charge in [0.15, 0.2) is 5.82 Å². The molecule has 142 valence electrons. The zero-order chi connectivity index (χ0) is 19.4. The maximum atomic E-state index is 12.9. The molecular formula is C20H20N6O2. The molecule has 2 N–H and O–H groups in total. The summed E-state index contributed by atoms with van der Waals surface area (Å²) in [5.41, 5.74) is 3.22. The van der Waals surface area contributed by atoms with Gasteiger partial charge in [-0.25, -0.2) is 15.0 Å². The van der Waals surface area contributed by atoms with Gasteiger partial charge < -0.3 is 19.4 Å². The van der Waals surface area contributed by atoms with Crippen LogP contribution in [0, 0.1) is 13.8 Å². The Labute approximate surface area is 160 Å². The number of hydrogen-bond donors (Lipinski definition) is 2. The Balaban J connectivity index is 1.66. The summed E-state index contributed by atoms with van der Waals surface area (Å²) in [6, 6.07) is 2.00. The molecule has 0 radical (unpaired) electrons. The topological polar surface area (TPSA) is 97.3 Å². The fourth-order valence-corrected chi connectivity index (χ4v) is 3.90. The third-order valence-corrected chi connectivity index (χ3v) is 5.41. The van der Waals surface area contributed by atoms with Crippen LogP contribution in [0.25, 0.3) is 27.9 Å². The van der Waals surface area contributed by atoms with Gasteiger partial charge in [-0.15, -0.1) is 0 Å². The van der Waals surface area contributed by atoms with Gasteiger partial charge in [0.25, 0.3) is 5.56 Å². The van der Waals surface area contributed by atoms with Crippen LogP contribution in [0.4, 0.5) is 0 Å². The van der Waals surface area contributed by atoms with E-state index in [-0.39, 0.29) is 17.4 Å². The lowest BCUT2D eigenvalue weighted by molar-refractivity contribution is 0.472. The van der Waals surface area contributed by atoms with Crippen molar-refractivity contribution >= 4 is 16.6 Å². The first kappa shape index (κ1) is 16.9. The highest BCUT2D eigenvalue weighted by Crippen LogP contribution is 2.32. The highest BCUT2D eigenvalue weighted by molar-refractivity contribution is 5.80. The van der Waals surface area contributed by atoms with Gasteiger partial charge in [0, 0.05) is 36.9 Å². The molecule has 4 aromatic heterocycles. The summed E-state index contributed by atoms with van der Waals surface area (Å²) in [7, 11) is 0. The SMILES string of the molecule is Cc1cn2cc(-c3ncc4c(=O)n(C5CCNC5)ccc4n3)c(O)c(C)c2n1. The molecule has 4 aromatic rings. The van der Waals surface area contributed by atoms with Gasteiger partial charge in [-0.2, -0.15) is 0 Å². The lowest BCUT2D eigenvalue weighted by Gasteiger charge is -2.13. The molecule has 0 aromatic carbocycles. The summed E-state index contributed by atoms with van der Waals surface area (Å²) in [6.45, 7) is 5.43. The van der Waals surface area contributed by atoms with Crippen molar-refractivity contribution in [2.24, 2.45) is 0 Å². The second-order valence-electron chi connectivity index (χ2n) is 7.30. The highest BCUT2D eigenvalue weighted by Gasteiger charge is 2.20. The first-order valence-electron chi connectivity index (χ1n) is 9.30. The van der Waals surface area contributed by atoms with Gasteiger partial charge in [0.1, 0.15) is 11.4 Å². The first-order chi connectivity index (χ1) is 13.5. The average Bonchev–Trinajstić information content (AvgIpc) is 3.34. The van der Waals surface area contributed by atoms with Crippen molar-refractivity contribution < 1.29 is 5.11 Å². The van der Waals surface area contributed by atoms with Crippen LogP contribution in [-0.2, 0) is 0 Å². The van der Waals surface area contributed by atoms with Crippen LogP contribution in [0.3, 0.4) is 0 Å². The van der Waals surface area contributed by atoms with Crippen LogP contribution < -0.4 is 10.9 Å². The number of rotatable bonds is 2. The third kappa shape index (κ3) is 2.49. The third-order valence-electron chi connectivity index (χ3n) is 5.41. The molecule has 28 heavy (non-hydrogen) atoms. The van der Waals surface area contributed by atoms with Crippen LogP contribution in [0.5, 0.6) is 5.75 Å². The van der Waals surface area contributed by atoms with Gasteiger partial charge in [-0.3, -0.25) is 4.79 Å². The van der Waals surface area contributed by atoms with Gasteiger partial charge in [0.2, 0.25) is 0 Å². The summed E-state index contributed by atoms with van der Waals surface area (Å²) in [5.74, 6) is 0.476. The van der Waals surface area contributed by atoms with E-state index in [0.717, 1.165) is 25.2 Å². The molecule has 5 heterocycles. The van der Waals surface area contributed by atoms with Crippen LogP contribution >= 0.6 is 0 Å². The van der Waals surface area contributed by atoms with Crippen LogP contribution in [0.1, 0.15) is 23.7 Å². The molecule has 8 nitrogen and oxygen atoms in total. The Morgan fingerprint density at radius 3 is 2.89 bits per heavy atom. The molecule has 0 amide bonds. The van der Waals surface area contributed by atoms with Gasteiger partial charge in [-0.1, -0.05) is 0 Å². The van der Waals surface area contributed by atoms with Crippen molar-refractivity contribution in [1.82, 2.24) is 29.2 Å². The normalized spacial score (nSPS) is 17.0. The van der Waals surface area contributed by atoms with E-state index in [1.54, 1.807) is 23.2 Å². The number of imidazole rings is 1. The summed E-state index contributed by atoms with van der Waals surface area (Å²) in [4.78, 5) is 26.2. The van der Waals surface area contributed by atoms with E-state index in [0.29, 0.717) is 33.5 Å². The van der Waals surface area contributed by atoms with Gasteiger partial charge in [-0.05, 0) is 32.9 Å². The fourth-order valence-electron chi connectivity index (χ4n) is 3.90. The number of aryl methyl sites for hydroxylation is 2. The molecular weight excluding hydrogens is 356 g/mol. The summed E-state index contributed by atoms with van der Waals surface area (Å²) in [5, 5.41) is 14.4. The zero-order valence-corrected chi connectivity index (χ0v) is 15.7. The summed E-state index contributed by atoms with van der Waals surface area (Å²) < 4.78 is 3.62. The monoisotopic (exact) mass is 376 g/mol. The second-order valence-corrected chi connectivity index (χ2v) is 7.30. The smallest absolute Gasteiger partial charge is 0.261 e. The largest absolute Gasteiger partial charge is 0.507 e. The maximum absolute atomic E-state index is 12.9. The fraction of sp³-hybridized carbons (Fsp3) is 0.300. The van der Waals surface area contributed by atoms with Crippen molar-refractivity contribution in [3.63, 3.8) is 0 Å². The number of nitrogens with one attached hydrogen (secondary N) is 1. The molecule has 1 aliphatic rings. The molecule has 0 aliphatic carbocycles. The molecule has 1 aliphatic heterocycles. The number of hydrogen-bond acceptors (Lipinski definition) is 6. The second kappa shape index (κ2) is 6.13. The van der Waals surface area contributed by atoms with E-state index in [1.807, 2.05) is 30.5 Å². The van der Waals surface area contributed by atoms with E-state index >= 15 is 0 Å². The standard InChI is InChI=1S/C20H20N6O2/c1-11-9-25-10-15(17(27)12(2)19(25)23-11)18-22-8-14-16(24-18)4-6-26(20(14)28)13-3-5-21-7-13/h4,6,8-10,13,21,27H,3,5,7H2,1-2H3. The minimum Gasteiger partial charge on any atom is -0.507 e. The van der Waals surface area contributed by atoms with Crippen molar-refractivity contribution in [3.8, 4) is 17.1 Å². The predicted molar refractivity (Wildman–Crippen MR) is 106 cm³/mol. The summed E-state index contributed by atoms with van der Waals surface area (Å²) in [6.07, 6.45) is 7.94. The molecule has 0 bridgehead atoms. The molecule has 1 unspecified atom stereocenters. The van der Waals surface area contributed by atoms with Crippen LogP contribution in [0.15, 0.2) is 35.6 Å². The maximum Gasteiger partial charge on any atom is 0.261 e. The van der Waals surface area contributed by atoms with E-state index in [2.05, 4.69) is 20.3 Å². The molecule has 1 atom stereocenters. The Bertz CT molecular complexity index is 1280. The predicted octanol–water partition coefficient (Wildman–Crippen LogP) is 1.96. The minimum absolute atomic E-state index is 0.0844. The van der Waals surface area contributed by atoms with E-state index < -0.39 is 0 Å².